The molecule has 1 N–H and O–H groups in total. The molecule has 1 aliphatic heterocycles. The van der Waals surface area contributed by atoms with E-state index in [-0.39, 0.29) is 23.9 Å². The lowest BCUT2D eigenvalue weighted by Gasteiger charge is -2.10. The van der Waals surface area contributed by atoms with Crippen LogP contribution in [0.25, 0.3) is 0 Å². The monoisotopic (exact) mass is 276 g/mol. The summed E-state index contributed by atoms with van der Waals surface area (Å²) in [6.07, 6.45) is 1.45. The van der Waals surface area contributed by atoms with Crippen LogP contribution in [0.1, 0.15) is 6.42 Å². The van der Waals surface area contributed by atoms with Gasteiger partial charge in [-0.3, -0.25) is 0 Å². The number of pyridine rings is 1. The first-order valence-electron chi connectivity index (χ1n) is 5.45. The van der Waals surface area contributed by atoms with E-state index in [2.05, 4.69) is 9.71 Å². The van der Waals surface area contributed by atoms with Crippen LogP contribution >= 0.6 is 0 Å². The molecule has 0 aliphatic carbocycles. The first-order valence-corrected chi connectivity index (χ1v) is 6.94. The zero-order chi connectivity index (χ0) is 13.0. The van der Waals surface area contributed by atoms with E-state index < -0.39 is 15.8 Å². The smallest absolute Gasteiger partial charge is 0.246 e. The van der Waals surface area contributed by atoms with Crippen molar-refractivity contribution < 1.29 is 22.3 Å². The summed E-state index contributed by atoms with van der Waals surface area (Å²) in [6.45, 7) is 1.15. The molecule has 1 aromatic rings. The van der Waals surface area contributed by atoms with Crippen molar-refractivity contribution in [3.05, 3.63) is 18.1 Å². The van der Waals surface area contributed by atoms with Crippen LogP contribution in [0.2, 0.25) is 0 Å². The van der Waals surface area contributed by atoms with Gasteiger partial charge < -0.3 is 9.47 Å². The summed E-state index contributed by atoms with van der Waals surface area (Å²) in [5.41, 5.74) is 0. The predicted molar refractivity (Wildman–Crippen MR) is 60.3 cm³/mol. The highest BCUT2D eigenvalue weighted by Gasteiger charge is 2.22. The van der Waals surface area contributed by atoms with E-state index in [9.17, 15) is 12.8 Å². The number of hydrogen-bond donors (Lipinski definition) is 1. The molecule has 0 amide bonds. The lowest BCUT2D eigenvalue weighted by atomic mass is 10.4. The van der Waals surface area contributed by atoms with Crippen molar-refractivity contribution in [1.82, 2.24) is 9.71 Å². The van der Waals surface area contributed by atoms with Crippen LogP contribution in [-0.4, -0.2) is 39.8 Å². The summed E-state index contributed by atoms with van der Waals surface area (Å²) in [5, 5.41) is 0. The first kappa shape index (κ1) is 13.2. The molecule has 100 valence electrons. The second-order valence-electron chi connectivity index (χ2n) is 3.67. The van der Waals surface area contributed by atoms with E-state index in [1.54, 1.807) is 0 Å². The molecule has 1 aromatic heterocycles. The summed E-state index contributed by atoms with van der Waals surface area (Å²) in [6, 6.07) is 0.892. The number of nitrogens with zero attached hydrogens (tertiary/aromatic N) is 1. The minimum Gasteiger partial charge on any atom is -0.474 e. The molecule has 0 spiro atoms. The molecule has 0 saturated carbocycles. The molecule has 18 heavy (non-hydrogen) atoms. The number of rotatable bonds is 0. The number of nitrogens with one attached hydrogen (secondary N) is 1. The fourth-order valence-corrected chi connectivity index (χ4v) is 2.64. The Morgan fingerprint density at radius 2 is 2.17 bits per heavy atom. The highest BCUT2D eigenvalue weighted by Crippen LogP contribution is 2.21. The van der Waals surface area contributed by atoms with Crippen LogP contribution in [0.5, 0.6) is 5.88 Å². The Kier molecular flexibility index (Phi) is 4.10. The number of hydrogen-bond acceptors (Lipinski definition) is 5. The van der Waals surface area contributed by atoms with Gasteiger partial charge in [0.2, 0.25) is 15.9 Å². The molecule has 0 atom stereocenters. The molecule has 6 nitrogen and oxygen atoms in total. The molecule has 0 radical (unpaired) electrons. The summed E-state index contributed by atoms with van der Waals surface area (Å²) in [4.78, 5) is 3.36. The van der Waals surface area contributed by atoms with E-state index >= 15 is 0 Å². The van der Waals surface area contributed by atoms with E-state index in [1.165, 1.54) is 0 Å². The van der Waals surface area contributed by atoms with Gasteiger partial charge in [-0.15, -0.1) is 0 Å². The van der Waals surface area contributed by atoms with E-state index in [0.717, 1.165) is 12.3 Å². The van der Waals surface area contributed by atoms with Crippen LogP contribution in [0.4, 0.5) is 4.39 Å². The topological polar surface area (TPSA) is 77.5 Å². The third-order valence-electron chi connectivity index (χ3n) is 2.30. The van der Waals surface area contributed by atoms with Crippen molar-refractivity contribution >= 4 is 10.0 Å². The predicted octanol–water partition coefficient (Wildman–Crippen LogP) is 0.298. The molecule has 0 aromatic carbocycles. The third-order valence-corrected chi connectivity index (χ3v) is 3.75. The van der Waals surface area contributed by atoms with E-state index in [4.69, 9.17) is 9.47 Å². The van der Waals surface area contributed by atoms with Gasteiger partial charge in [0.05, 0.1) is 12.8 Å². The first-order chi connectivity index (χ1) is 8.59. The highest BCUT2D eigenvalue weighted by atomic mass is 32.2. The highest BCUT2D eigenvalue weighted by molar-refractivity contribution is 7.89. The van der Waals surface area contributed by atoms with Gasteiger partial charge in [-0.1, -0.05) is 0 Å². The number of ether oxygens (including phenoxy) is 2. The van der Waals surface area contributed by atoms with Crippen LogP contribution in [0, 0.1) is 5.82 Å². The van der Waals surface area contributed by atoms with Gasteiger partial charge in [-0.05, 0) is 6.42 Å². The summed E-state index contributed by atoms with van der Waals surface area (Å²) in [7, 11) is -3.81. The van der Waals surface area contributed by atoms with Gasteiger partial charge in [-0.2, -0.15) is 0 Å². The minimum atomic E-state index is -3.81. The average molecular weight is 276 g/mol. The minimum absolute atomic E-state index is 0.116. The molecule has 0 unspecified atom stereocenters. The number of fused-ring (bicyclic) bond motifs is 1. The molecular formula is C10H13FN2O4S. The van der Waals surface area contributed by atoms with Crippen LogP contribution < -0.4 is 9.46 Å². The van der Waals surface area contributed by atoms with Crippen molar-refractivity contribution in [2.24, 2.45) is 0 Å². The Bertz CT molecular complexity index is 521. The normalized spacial score (nSPS) is 20.3. The lowest BCUT2D eigenvalue weighted by molar-refractivity contribution is 0.0969. The molecule has 2 heterocycles. The molecule has 0 fully saturated rings. The molecule has 8 heteroatoms. The summed E-state index contributed by atoms with van der Waals surface area (Å²) < 4.78 is 49.7. The number of halogens is 1. The zero-order valence-electron chi connectivity index (χ0n) is 9.56. The fourth-order valence-electron chi connectivity index (χ4n) is 1.47. The Balaban J connectivity index is 2.37. The number of aromatic nitrogens is 1. The molecule has 0 saturated heterocycles. The van der Waals surface area contributed by atoms with Gasteiger partial charge in [0.1, 0.15) is 17.3 Å². The second kappa shape index (κ2) is 5.59. The molecule has 2 rings (SSSR count). The van der Waals surface area contributed by atoms with Crippen LogP contribution in [-0.2, 0) is 14.8 Å². The number of sulfonamides is 1. The van der Waals surface area contributed by atoms with Gasteiger partial charge in [0.25, 0.3) is 0 Å². The van der Waals surface area contributed by atoms with Gasteiger partial charge in [0.15, 0.2) is 0 Å². The van der Waals surface area contributed by atoms with E-state index in [0.29, 0.717) is 19.6 Å². The Morgan fingerprint density at radius 3 is 3.00 bits per heavy atom. The van der Waals surface area contributed by atoms with Crippen molar-refractivity contribution in [3.63, 3.8) is 0 Å². The van der Waals surface area contributed by atoms with Gasteiger partial charge in [-0.25, -0.2) is 22.5 Å². The summed E-state index contributed by atoms with van der Waals surface area (Å²) >= 11 is 0. The van der Waals surface area contributed by atoms with Crippen LogP contribution in [0.3, 0.4) is 0 Å². The summed E-state index contributed by atoms with van der Waals surface area (Å²) in [5.74, 6) is -0.844. The van der Waals surface area contributed by atoms with Gasteiger partial charge in [0, 0.05) is 19.2 Å². The van der Waals surface area contributed by atoms with Gasteiger partial charge >= 0.3 is 0 Å². The van der Waals surface area contributed by atoms with Crippen molar-refractivity contribution in [1.29, 1.82) is 0 Å². The van der Waals surface area contributed by atoms with Crippen molar-refractivity contribution in [3.8, 4) is 5.88 Å². The van der Waals surface area contributed by atoms with E-state index in [1.807, 2.05) is 0 Å². The zero-order valence-corrected chi connectivity index (χ0v) is 10.4. The quantitative estimate of drug-likeness (QED) is 0.737. The Labute approximate surface area is 104 Å². The largest absolute Gasteiger partial charge is 0.474 e. The maximum atomic E-state index is 13.1. The second-order valence-corrected chi connectivity index (χ2v) is 5.40. The molecule has 1 aliphatic rings. The lowest BCUT2D eigenvalue weighted by Crippen LogP contribution is -2.26. The SMILES string of the molecule is O=S1(=O)NCCCOCCOc2ncc(F)cc21. The molecular weight excluding hydrogens is 263 g/mol. The Morgan fingerprint density at radius 1 is 1.33 bits per heavy atom. The standard InChI is InChI=1S/C10H13FN2O4S/c11-8-6-9-10(12-7-8)17-5-4-16-3-1-2-13-18(9,14)15/h6-7,13H,1-5H2. The van der Waals surface area contributed by atoms with Crippen LogP contribution in [0.15, 0.2) is 17.2 Å². The van der Waals surface area contributed by atoms with Crippen molar-refractivity contribution in [2.45, 2.75) is 11.3 Å². The maximum Gasteiger partial charge on any atom is 0.246 e. The molecule has 0 bridgehead atoms. The average Bonchev–Trinajstić information content (AvgIpc) is 2.35. The maximum absolute atomic E-state index is 13.1. The Hall–Kier alpha value is -1.25. The fraction of sp³-hybridized carbons (Fsp3) is 0.500. The van der Waals surface area contributed by atoms with Crippen molar-refractivity contribution in [2.75, 3.05) is 26.4 Å². The third kappa shape index (κ3) is 3.15.